The largest absolute Gasteiger partial charge is 0.507 e. The van der Waals surface area contributed by atoms with Gasteiger partial charge in [0.1, 0.15) is 76.7 Å². The minimum absolute atomic E-state index is 0.105. The second kappa shape index (κ2) is 12.0. The molecule has 3 aromatic rings. The standard InChI is InChI=1S/C28H32O15/c1-39-12-4-2-11(3-5-12)16-8-15(32)20-14(31)6-13(7-17(20)40-16)42-28(26(38)24(36)22(34)19(10-30)43-28)27-25(37)23(35)21(33)18(9-29)41-27/h2-8,18-19,21-27,29-31,33-38H,9-10H2,1H3. The number of hydrogen-bond acceptors (Lipinski definition) is 15. The van der Waals surface area contributed by atoms with Crippen LogP contribution in [0, 0.1) is 0 Å². The van der Waals surface area contributed by atoms with E-state index in [0.717, 1.165) is 18.2 Å². The summed E-state index contributed by atoms with van der Waals surface area (Å²) in [7, 11) is 1.49. The van der Waals surface area contributed by atoms with Crippen molar-refractivity contribution < 1.29 is 69.3 Å². The first-order chi connectivity index (χ1) is 20.4. The van der Waals surface area contributed by atoms with Crippen LogP contribution in [0.25, 0.3) is 22.3 Å². The summed E-state index contributed by atoms with van der Waals surface area (Å²) < 4.78 is 28.3. The number of aliphatic hydroxyl groups is 8. The number of aliphatic hydroxyl groups excluding tert-OH is 8. The van der Waals surface area contributed by atoms with Crippen LogP contribution in [-0.2, 0) is 9.47 Å². The molecule has 43 heavy (non-hydrogen) atoms. The van der Waals surface area contributed by atoms with Gasteiger partial charge < -0.3 is 69.3 Å². The molecule has 0 saturated carbocycles. The van der Waals surface area contributed by atoms with Gasteiger partial charge in [0.15, 0.2) is 17.6 Å². The predicted molar refractivity (Wildman–Crippen MR) is 143 cm³/mol. The molecule has 0 aliphatic carbocycles. The predicted octanol–water partition coefficient (Wildman–Crippen LogP) is -2.43. The number of methoxy groups -OCH3 is 1. The molecule has 15 nitrogen and oxygen atoms in total. The third kappa shape index (κ3) is 5.33. The fourth-order valence-electron chi connectivity index (χ4n) is 5.36. The first-order valence-electron chi connectivity index (χ1n) is 13.2. The molecule has 2 aliphatic rings. The lowest BCUT2D eigenvalue weighted by molar-refractivity contribution is -0.396. The Hall–Kier alpha value is -3.35. The molecule has 5 rings (SSSR count). The summed E-state index contributed by atoms with van der Waals surface area (Å²) >= 11 is 0. The molecule has 2 aliphatic heterocycles. The van der Waals surface area contributed by atoms with E-state index >= 15 is 0 Å². The average Bonchev–Trinajstić information content (AvgIpc) is 3.00. The van der Waals surface area contributed by atoms with E-state index in [2.05, 4.69) is 0 Å². The molecule has 2 fully saturated rings. The van der Waals surface area contributed by atoms with Gasteiger partial charge in [-0.3, -0.25) is 4.79 Å². The summed E-state index contributed by atoms with van der Waals surface area (Å²) in [6.07, 6.45) is -17.2. The number of rotatable bonds is 7. The first-order valence-corrected chi connectivity index (χ1v) is 13.2. The van der Waals surface area contributed by atoms with Crippen LogP contribution in [0.1, 0.15) is 0 Å². The molecule has 15 heteroatoms. The van der Waals surface area contributed by atoms with Crippen molar-refractivity contribution in [3.05, 3.63) is 52.7 Å². The van der Waals surface area contributed by atoms with Gasteiger partial charge in [0.05, 0.1) is 20.3 Å². The van der Waals surface area contributed by atoms with Crippen LogP contribution in [0.5, 0.6) is 17.2 Å². The van der Waals surface area contributed by atoms with E-state index in [1.54, 1.807) is 24.3 Å². The van der Waals surface area contributed by atoms with Crippen LogP contribution in [0.2, 0.25) is 0 Å². The molecule has 2 saturated heterocycles. The quantitative estimate of drug-likeness (QED) is 0.135. The zero-order valence-electron chi connectivity index (χ0n) is 22.6. The maximum Gasteiger partial charge on any atom is 0.268 e. The van der Waals surface area contributed by atoms with Crippen LogP contribution in [0.4, 0.5) is 0 Å². The molecule has 234 valence electrons. The Balaban J connectivity index is 1.63. The van der Waals surface area contributed by atoms with Crippen molar-refractivity contribution in [3.8, 4) is 28.6 Å². The van der Waals surface area contributed by atoms with E-state index in [1.807, 2.05) is 0 Å². The van der Waals surface area contributed by atoms with E-state index < -0.39 is 85.1 Å². The molecule has 3 heterocycles. The van der Waals surface area contributed by atoms with E-state index in [1.165, 1.54) is 7.11 Å². The third-order valence-corrected chi connectivity index (χ3v) is 7.71. The lowest BCUT2D eigenvalue weighted by Gasteiger charge is -2.54. The molecule has 10 unspecified atom stereocenters. The van der Waals surface area contributed by atoms with Crippen molar-refractivity contribution in [1.82, 2.24) is 0 Å². The van der Waals surface area contributed by atoms with Gasteiger partial charge in [0.25, 0.3) is 5.79 Å². The molecule has 0 spiro atoms. The van der Waals surface area contributed by atoms with Gasteiger partial charge in [-0.1, -0.05) is 0 Å². The Morgan fingerprint density at radius 3 is 2.09 bits per heavy atom. The third-order valence-electron chi connectivity index (χ3n) is 7.71. The van der Waals surface area contributed by atoms with Crippen LogP contribution in [-0.4, -0.2) is 127 Å². The summed E-state index contributed by atoms with van der Waals surface area (Å²) in [6.45, 7) is -1.78. The molecule has 2 aromatic carbocycles. The van der Waals surface area contributed by atoms with Gasteiger partial charge >= 0.3 is 0 Å². The van der Waals surface area contributed by atoms with Gasteiger partial charge in [0.2, 0.25) is 0 Å². The Labute approximate surface area is 242 Å². The van der Waals surface area contributed by atoms with E-state index in [-0.39, 0.29) is 22.5 Å². The maximum atomic E-state index is 13.0. The van der Waals surface area contributed by atoms with Crippen LogP contribution in [0.3, 0.4) is 0 Å². The smallest absolute Gasteiger partial charge is 0.268 e. The van der Waals surface area contributed by atoms with Crippen molar-refractivity contribution >= 4 is 11.0 Å². The minimum atomic E-state index is -2.76. The minimum Gasteiger partial charge on any atom is -0.507 e. The van der Waals surface area contributed by atoms with E-state index in [0.29, 0.717) is 11.3 Å². The number of phenols is 1. The topological polar surface area (TPSA) is 249 Å². The van der Waals surface area contributed by atoms with Gasteiger partial charge in [-0.2, -0.15) is 0 Å². The molecule has 0 bridgehead atoms. The highest BCUT2D eigenvalue weighted by Gasteiger charge is 2.65. The lowest BCUT2D eigenvalue weighted by atomic mass is 9.83. The fourth-order valence-corrected chi connectivity index (χ4v) is 5.36. The highest BCUT2D eigenvalue weighted by atomic mass is 16.7. The highest BCUT2D eigenvalue weighted by molar-refractivity contribution is 5.86. The summed E-state index contributed by atoms with van der Waals surface area (Å²) in [6, 6.07) is 9.78. The lowest BCUT2D eigenvalue weighted by Crippen LogP contribution is -2.77. The molecular formula is C28H32O15. The average molecular weight is 609 g/mol. The molecule has 0 radical (unpaired) electrons. The van der Waals surface area contributed by atoms with Crippen molar-refractivity contribution in [2.75, 3.05) is 20.3 Å². The van der Waals surface area contributed by atoms with Crippen LogP contribution < -0.4 is 14.9 Å². The molecule has 1 aromatic heterocycles. The van der Waals surface area contributed by atoms with Crippen LogP contribution in [0.15, 0.2) is 51.7 Å². The van der Waals surface area contributed by atoms with Crippen molar-refractivity contribution in [2.24, 2.45) is 0 Å². The van der Waals surface area contributed by atoms with Crippen molar-refractivity contribution in [3.63, 3.8) is 0 Å². The number of fused-ring (bicyclic) bond motifs is 1. The zero-order chi connectivity index (χ0) is 31.2. The summed E-state index contributed by atoms with van der Waals surface area (Å²) in [5.74, 6) is -3.10. The number of benzene rings is 2. The number of ether oxygens (including phenoxy) is 4. The number of hydrogen-bond donors (Lipinski definition) is 9. The first kappa shape index (κ1) is 31.1. The summed E-state index contributed by atoms with van der Waals surface area (Å²) in [4.78, 5) is 13.0. The summed E-state index contributed by atoms with van der Waals surface area (Å²) in [5, 5.41) is 94.0. The number of aromatic hydroxyl groups is 1. The second-order valence-electron chi connectivity index (χ2n) is 10.4. The molecular weight excluding hydrogens is 576 g/mol. The Morgan fingerprint density at radius 1 is 0.814 bits per heavy atom. The molecule has 9 N–H and O–H groups in total. The summed E-state index contributed by atoms with van der Waals surface area (Å²) in [5.41, 5.74) is -0.327. The molecule has 10 atom stereocenters. The van der Waals surface area contributed by atoms with Crippen LogP contribution >= 0.6 is 0 Å². The van der Waals surface area contributed by atoms with Gasteiger partial charge in [-0.05, 0) is 24.3 Å². The second-order valence-corrected chi connectivity index (χ2v) is 10.4. The zero-order valence-corrected chi connectivity index (χ0v) is 22.6. The van der Waals surface area contributed by atoms with Gasteiger partial charge in [0, 0.05) is 23.8 Å². The highest BCUT2D eigenvalue weighted by Crippen LogP contribution is 2.42. The fraction of sp³-hybridized carbons (Fsp3) is 0.464. The van der Waals surface area contributed by atoms with Gasteiger partial charge in [-0.25, -0.2) is 0 Å². The monoisotopic (exact) mass is 608 g/mol. The van der Waals surface area contributed by atoms with Crippen molar-refractivity contribution in [2.45, 2.75) is 60.7 Å². The Bertz CT molecular complexity index is 1490. The van der Waals surface area contributed by atoms with E-state index in [4.69, 9.17) is 23.4 Å². The molecule has 0 amide bonds. The SMILES string of the molecule is COc1ccc(-c2cc(=O)c3c(O)cc(OC4(C5OC(CO)C(O)C(O)C5O)OC(CO)C(O)C(O)C4O)cc3o2)cc1. The van der Waals surface area contributed by atoms with Crippen molar-refractivity contribution in [1.29, 1.82) is 0 Å². The maximum absolute atomic E-state index is 13.0. The normalized spacial score (nSPS) is 34.7. The van der Waals surface area contributed by atoms with Gasteiger partial charge in [-0.15, -0.1) is 0 Å². The Kier molecular flexibility index (Phi) is 8.65. The Morgan fingerprint density at radius 2 is 1.47 bits per heavy atom. The number of phenolic OH excluding ortho intramolecular Hbond substituents is 1. The van der Waals surface area contributed by atoms with E-state index in [9.17, 15) is 50.8 Å².